The molecule has 0 aromatic carbocycles. The number of unbranched alkanes of at least 4 members (excludes halogenated alkanes) is 2. The van der Waals surface area contributed by atoms with Gasteiger partial charge in [-0.05, 0) is 12.0 Å². The van der Waals surface area contributed by atoms with E-state index in [1.54, 1.807) is 6.20 Å². The number of nitrogens with zero attached hydrogens (tertiary/aromatic N) is 1. The maximum atomic E-state index is 5.46. The van der Waals surface area contributed by atoms with Crippen LogP contribution in [-0.4, -0.2) is 11.6 Å². The summed E-state index contributed by atoms with van der Waals surface area (Å²) in [7, 11) is 0. The molecular formula is C11H18N2O. The molecular weight excluding hydrogens is 176 g/mol. The van der Waals surface area contributed by atoms with E-state index in [9.17, 15) is 0 Å². The molecule has 1 rings (SSSR count). The molecule has 0 aliphatic carbocycles. The SMILES string of the molecule is CCCCCOc1ccc(CN)cn1. The summed E-state index contributed by atoms with van der Waals surface area (Å²) in [5.41, 5.74) is 6.49. The third kappa shape index (κ3) is 3.75. The zero-order valence-electron chi connectivity index (χ0n) is 8.70. The van der Waals surface area contributed by atoms with Crippen molar-refractivity contribution < 1.29 is 4.74 Å². The van der Waals surface area contributed by atoms with Gasteiger partial charge in [-0.3, -0.25) is 0 Å². The van der Waals surface area contributed by atoms with E-state index in [1.165, 1.54) is 12.8 Å². The van der Waals surface area contributed by atoms with Gasteiger partial charge in [0.1, 0.15) is 0 Å². The van der Waals surface area contributed by atoms with Crippen molar-refractivity contribution in [2.24, 2.45) is 5.73 Å². The monoisotopic (exact) mass is 194 g/mol. The van der Waals surface area contributed by atoms with E-state index in [4.69, 9.17) is 10.5 Å². The molecule has 14 heavy (non-hydrogen) atoms. The molecule has 0 saturated heterocycles. The summed E-state index contributed by atoms with van der Waals surface area (Å²) in [4.78, 5) is 4.14. The molecule has 0 spiro atoms. The van der Waals surface area contributed by atoms with Gasteiger partial charge >= 0.3 is 0 Å². The molecule has 1 aromatic rings. The quantitative estimate of drug-likeness (QED) is 0.705. The maximum absolute atomic E-state index is 5.46. The fourth-order valence-electron chi connectivity index (χ4n) is 1.15. The third-order valence-electron chi connectivity index (χ3n) is 2.03. The Bertz CT molecular complexity index is 246. The number of rotatable bonds is 6. The number of hydrogen-bond acceptors (Lipinski definition) is 3. The summed E-state index contributed by atoms with van der Waals surface area (Å²) in [5.74, 6) is 0.693. The fraction of sp³-hybridized carbons (Fsp3) is 0.545. The van der Waals surface area contributed by atoms with Crippen molar-refractivity contribution >= 4 is 0 Å². The van der Waals surface area contributed by atoms with E-state index >= 15 is 0 Å². The second-order valence-corrected chi connectivity index (χ2v) is 3.26. The van der Waals surface area contributed by atoms with E-state index < -0.39 is 0 Å². The van der Waals surface area contributed by atoms with Gasteiger partial charge in [0.05, 0.1) is 6.61 Å². The first-order valence-electron chi connectivity index (χ1n) is 5.14. The molecule has 1 aromatic heterocycles. The van der Waals surface area contributed by atoms with Crippen LogP contribution in [0.1, 0.15) is 31.7 Å². The fourth-order valence-corrected chi connectivity index (χ4v) is 1.15. The van der Waals surface area contributed by atoms with Crippen LogP contribution in [0.5, 0.6) is 5.88 Å². The largest absolute Gasteiger partial charge is 0.478 e. The molecule has 3 nitrogen and oxygen atoms in total. The second kappa shape index (κ2) is 6.38. The van der Waals surface area contributed by atoms with Gasteiger partial charge in [-0.25, -0.2) is 4.98 Å². The molecule has 0 bridgehead atoms. The predicted molar refractivity (Wildman–Crippen MR) is 57.1 cm³/mol. The number of pyridine rings is 1. The van der Waals surface area contributed by atoms with Gasteiger partial charge in [0.2, 0.25) is 5.88 Å². The molecule has 0 aliphatic heterocycles. The Morgan fingerprint density at radius 1 is 1.36 bits per heavy atom. The van der Waals surface area contributed by atoms with Gasteiger partial charge in [0.25, 0.3) is 0 Å². The molecule has 0 unspecified atom stereocenters. The van der Waals surface area contributed by atoms with Gasteiger partial charge in [0, 0.05) is 18.8 Å². The Hall–Kier alpha value is -1.09. The minimum absolute atomic E-state index is 0.531. The smallest absolute Gasteiger partial charge is 0.213 e. The highest BCUT2D eigenvalue weighted by atomic mass is 16.5. The van der Waals surface area contributed by atoms with Crippen molar-refractivity contribution in [2.75, 3.05) is 6.61 Å². The van der Waals surface area contributed by atoms with Crippen LogP contribution in [0.25, 0.3) is 0 Å². The summed E-state index contributed by atoms with van der Waals surface area (Å²) in [6.07, 6.45) is 5.27. The molecule has 0 aliphatic rings. The normalized spacial score (nSPS) is 10.1. The van der Waals surface area contributed by atoms with Gasteiger partial charge < -0.3 is 10.5 Å². The highest BCUT2D eigenvalue weighted by Crippen LogP contribution is 2.07. The summed E-state index contributed by atoms with van der Waals surface area (Å²) < 4.78 is 5.46. The summed E-state index contributed by atoms with van der Waals surface area (Å²) in [6, 6.07) is 3.82. The van der Waals surface area contributed by atoms with E-state index in [0.717, 1.165) is 18.6 Å². The first-order valence-corrected chi connectivity index (χ1v) is 5.14. The van der Waals surface area contributed by atoms with Crippen LogP contribution in [0.3, 0.4) is 0 Å². The summed E-state index contributed by atoms with van der Waals surface area (Å²) >= 11 is 0. The van der Waals surface area contributed by atoms with E-state index in [2.05, 4.69) is 11.9 Å². The average molecular weight is 194 g/mol. The lowest BCUT2D eigenvalue weighted by Crippen LogP contribution is -2.01. The van der Waals surface area contributed by atoms with Crippen LogP contribution < -0.4 is 10.5 Å². The van der Waals surface area contributed by atoms with Crippen LogP contribution in [0.15, 0.2) is 18.3 Å². The number of aromatic nitrogens is 1. The first kappa shape index (κ1) is 11.0. The van der Waals surface area contributed by atoms with Crippen LogP contribution in [0.2, 0.25) is 0 Å². The molecule has 2 N–H and O–H groups in total. The molecule has 78 valence electrons. The number of ether oxygens (including phenoxy) is 1. The maximum Gasteiger partial charge on any atom is 0.213 e. The number of nitrogens with two attached hydrogens (primary N) is 1. The molecule has 0 fully saturated rings. The minimum atomic E-state index is 0.531. The van der Waals surface area contributed by atoms with Crippen LogP contribution in [0.4, 0.5) is 0 Å². The van der Waals surface area contributed by atoms with Crippen LogP contribution in [-0.2, 0) is 6.54 Å². The second-order valence-electron chi connectivity index (χ2n) is 3.26. The van der Waals surface area contributed by atoms with Crippen molar-refractivity contribution in [3.8, 4) is 5.88 Å². The van der Waals surface area contributed by atoms with Gasteiger partial charge in [-0.1, -0.05) is 25.8 Å². The summed E-state index contributed by atoms with van der Waals surface area (Å²) in [5, 5.41) is 0. The predicted octanol–water partition coefficient (Wildman–Crippen LogP) is 2.11. The lowest BCUT2D eigenvalue weighted by molar-refractivity contribution is 0.295. The first-order chi connectivity index (χ1) is 6.86. The molecule has 0 atom stereocenters. The molecule has 0 saturated carbocycles. The van der Waals surface area contributed by atoms with Gasteiger partial charge in [-0.2, -0.15) is 0 Å². The molecule has 0 amide bonds. The molecule has 3 heteroatoms. The topological polar surface area (TPSA) is 48.1 Å². The van der Waals surface area contributed by atoms with Crippen molar-refractivity contribution in [3.63, 3.8) is 0 Å². The van der Waals surface area contributed by atoms with Crippen LogP contribution in [0, 0.1) is 0 Å². The third-order valence-corrected chi connectivity index (χ3v) is 2.03. The Morgan fingerprint density at radius 2 is 2.21 bits per heavy atom. The minimum Gasteiger partial charge on any atom is -0.478 e. The van der Waals surface area contributed by atoms with E-state index in [1.807, 2.05) is 12.1 Å². The summed E-state index contributed by atoms with van der Waals surface area (Å²) in [6.45, 7) is 3.46. The Kier molecular flexibility index (Phi) is 5.00. The van der Waals surface area contributed by atoms with Crippen molar-refractivity contribution in [3.05, 3.63) is 23.9 Å². The molecule has 1 heterocycles. The van der Waals surface area contributed by atoms with E-state index in [0.29, 0.717) is 12.4 Å². The average Bonchev–Trinajstić information content (AvgIpc) is 2.25. The van der Waals surface area contributed by atoms with Crippen LogP contribution >= 0.6 is 0 Å². The highest BCUT2D eigenvalue weighted by Gasteiger charge is 1.95. The van der Waals surface area contributed by atoms with Gasteiger partial charge in [-0.15, -0.1) is 0 Å². The zero-order valence-corrected chi connectivity index (χ0v) is 8.70. The zero-order chi connectivity index (χ0) is 10.2. The van der Waals surface area contributed by atoms with E-state index in [-0.39, 0.29) is 0 Å². The van der Waals surface area contributed by atoms with Crippen molar-refractivity contribution in [1.29, 1.82) is 0 Å². The highest BCUT2D eigenvalue weighted by molar-refractivity contribution is 5.17. The Labute approximate surface area is 85.3 Å². The standard InChI is InChI=1S/C11H18N2O/c1-2-3-4-7-14-11-6-5-10(8-12)9-13-11/h5-6,9H,2-4,7-8,12H2,1H3. The lowest BCUT2D eigenvalue weighted by Gasteiger charge is -2.04. The Balaban J connectivity index is 2.29. The lowest BCUT2D eigenvalue weighted by atomic mass is 10.3. The van der Waals surface area contributed by atoms with Crippen molar-refractivity contribution in [1.82, 2.24) is 4.98 Å². The van der Waals surface area contributed by atoms with Crippen molar-refractivity contribution in [2.45, 2.75) is 32.7 Å². The van der Waals surface area contributed by atoms with Gasteiger partial charge in [0.15, 0.2) is 0 Å². The Morgan fingerprint density at radius 3 is 2.79 bits per heavy atom. The molecule has 0 radical (unpaired) electrons. The number of hydrogen-bond donors (Lipinski definition) is 1.